The number of hydrogen-bond acceptors (Lipinski definition) is 1. The molecule has 0 radical (unpaired) electrons. The molecule has 82 valence electrons. The monoisotopic (exact) mass is 197 g/mol. The molecule has 14 heavy (non-hydrogen) atoms. The van der Waals surface area contributed by atoms with Gasteiger partial charge in [0, 0.05) is 19.4 Å². The molecule has 0 aromatic heterocycles. The minimum Gasteiger partial charge on any atom is -0.308 e. The Bertz CT molecular complexity index is 185. The Morgan fingerprint density at radius 3 is 2.50 bits per heavy atom. The molecule has 1 spiro atoms. The summed E-state index contributed by atoms with van der Waals surface area (Å²) in [6, 6.07) is 0.948. The largest absolute Gasteiger partial charge is 0.308 e. The second kappa shape index (κ2) is 4.19. The van der Waals surface area contributed by atoms with Gasteiger partial charge >= 0.3 is 0 Å². The van der Waals surface area contributed by atoms with Crippen LogP contribution in [0.2, 0.25) is 0 Å². The van der Waals surface area contributed by atoms with Gasteiger partial charge in [-0.25, -0.2) is 0 Å². The molecule has 2 aliphatic heterocycles. The Morgan fingerprint density at radius 1 is 1.21 bits per heavy atom. The van der Waals surface area contributed by atoms with E-state index in [0.717, 1.165) is 6.04 Å². The van der Waals surface area contributed by atoms with Crippen molar-refractivity contribution in [2.75, 3.05) is 32.8 Å². The average molecular weight is 197 g/mol. The third-order valence-corrected chi connectivity index (χ3v) is 4.19. The van der Waals surface area contributed by atoms with E-state index in [1.807, 2.05) is 0 Å². The molecule has 2 saturated heterocycles. The highest BCUT2D eigenvalue weighted by atomic mass is 15.5. The third-order valence-electron chi connectivity index (χ3n) is 4.19. The van der Waals surface area contributed by atoms with Crippen LogP contribution in [-0.4, -0.2) is 48.3 Å². The highest BCUT2D eigenvalue weighted by Crippen LogP contribution is 2.31. The van der Waals surface area contributed by atoms with Crippen LogP contribution in [0, 0.1) is 0 Å². The minimum atomic E-state index is 0.948. The maximum absolute atomic E-state index is 2.69. The van der Waals surface area contributed by atoms with Crippen molar-refractivity contribution >= 4 is 0 Å². The molecule has 0 aromatic carbocycles. The quantitative estimate of drug-likeness (QED) is 0.626. The van der Waals surface area contributed by atoms with Gasteiger partial charge in [-0.3, -0.25) is 4.90 Å². The van der Waals surface area contributed by atoms with Gasteiger partial charge in [0.1, 0.15) is 12.7 Å². The van der Waals surface area contributed by atoms with Crippen LogP contribution < -0.4 is 0 Å². The summed E-state index contributed by atoms with van der Waals surface area (Å²) < 4.78 is 1.44. The summed E-state index contributed by atoms with van der Waals surface area (Å²) in [6.45, 7) is 11.6. The molecule has 0 amide bonds. The van der Waals surface area contributed by atoms with Gasteiger partial charge in [-0.1, -0.05) is 13.8 Å². The summed E-state index contributed by atoms with van der Waals surface area (Å²) >= 11 is 0. The molecule has 0 bridgehead atoms. The normalized spacial score (nSPS) is 31.7. The summed E-state index contributed by atoms with van der Waals surface area (Å²) in [5.74, 6) is 0. The standard InChI is InChI=1S/C12H25N2/c1-3-7-13-10-12(4-2)14(11-13)8-5-6-9-14/h12H,3-11H2,1-2H3/q+1. The van der Waals surface area contributed by atoms with Crippen molar-refractivity contribution in [1.82, 2.24) is 4.90 Å². The van der Waals surface area contributed by atoms with Gasteiger partial charge in [-0.05, 0) is 12.8 Å². The van der Waals surface area contributed by atoms with Crippen molar-refractivity contribution in [3.8, 4) is 0 Å². The Hall–Kier alpha value is -0.0800. The number of hydrogen-bond donors (Lipinski definition) is 0. The lowest BCUT2D eigenvalue weighted by molar-refractivity contribution is -0.931. The molecule has 1 atom stereocenters. The first-order chi connectivity index (χ1) is 6.80. The van der Waals surface area contributed by atoms with Crippen LogP contribution in [0.25, 0.3) is 0 Å². The second-order valence-corrected chi connectivity index (χ2v) is 5.15. The first-order valence-electron chi connectivity index (χ1n) is 6.39. The van der Waals surface area contributed by atoms with Crippen molar-refractivity contribution in [2.45, 2.75) is 45.6 Å². The van der Waals surface area contributed by atoms with Crippen molar-refractivity contribution in [2.24, 2.45) is 0 Å². The smallest absolute Gasteiger partial charge is 0.135 e. The first-order valence-corrected chi connectivity index (χ1v) is 6.39. The summed E-state index contributed by atoms with van der Waals surface area (Å²) in [5, 5.41) is 0. The summed E-state index contributed by atoms with van der Waals surface area (Å²) in [5.41, 5.74) is 0. The van der Waals surface area contributed by atoms with Gasteiger partial charge < -0.3 is 4.48 Å². The molecule has 0 saturated carbocycles. The molecule has 2 nitrogen and oxygen atoms in total. The fourth-order valence-electron chi connectivity index (χ4n) is 3.51. The van der Waals surface area contributed by atoms with Gasteiger partial charge in [0.05, 0.1) is 19.6 Å². The van der Waals surface area contributed by atoms with E-state index in [4.69, 9.17) is 0 Å². The Labute approximate surface area is 88.5 Å². The van der Waals surface area contributed by atoms with E-state index in [-0.39, 0.29) is 0 Å². The van der Waals surface area contributed by atoms with Crippen LogP contribution >= 0.6 is 0 Å². The predicted octanol–water partition coefficient (Wildman–Crippen LogP) is 2.06. The van der Waals surface area contributed by atoms with Crippen molar-refractivity contribution in [1.29, 1.82) is 0 Å². The summed E-state index contributed by atoms with van der Waals surface area (Å²) in [6.07, 6.45) is 5.63. The van der Waals surface area contributed by atoms with Gasteiger partial charge in [0.2, 0.25) is 0 Å². The van der Waals surface area contributed by atoms with Crippen molar-refractivity contribution in [3.05, 3.63) is 0 Å². The van der Waals surface area contributed by atoms with Crippen molar-refractivity contribution < 1.29 is 4.48 Å². The van der Waals surface area contributed by atoms with Crippen LogP contribution in [0.3, 0.4) is 0 Å². The van der Waals surface area contributed by atoms with E-state index in [1.165, 1.54) is 63.0 Å². The molecule has 0 aromatic rings. The SMILES string of the molecule is CCCN1CC(CC)[N+]2(CCCC2)C1. The highest BCUT2D eigenvalue weighted by Gasteiger charge is 2.45. The Balaban J connectivity index is 2.01. The molecule has 1 unspecified atom stereocenters. The van der Waals surface area contributed by atoms with Crippen LogP contribution in [0.1, 0.15) is 39.5 Å². The summed E-state index contributed by atoms with van der Waals surface area (Å²) in [7, 11) is 0. The maximum atomic E-state index is 2.69. The van der Waals surface area contributed by atoms with Gasteiger partial charge in [-0.15, -0.1) is 0 Å². The second-order valence-electron chi connectivity index (χ2n) is 5.15. The molecule has 0 aliphatic carbocycles. The van der Waals surface area contributed by atoms with E-state index in [2.05, 4.69) is 18.7 Å². The zero-order valence-corrected chi connectivity index (χ0v) is 9.84. The Morgan fingerprint density at radius 2 is 1.93 bits per heavy atom. The number of quaternary nitrogens is 1. The minimum absolute atomic E-state index is 0.948. The number of rotatable bonds is 3. The van der Waals surface area contributed by atoms with E-state index in [9.17, 15) is 0 Å². The zero-order valence-electron chi connectivity index (χ0n) is 9.84. The van der Waals surface area contributed by atoms with Crippen LogP contribution in [0.15, 0.2) is 0 Å². The molecule has 2 aliphatic rings. The molecule has 2 heteroatoms. The van der Waals surface area contributed by atoms with Crippen LogP contribution in [0.5, 0.6) is 0 Å². The number of nitrogens with zero attached hydrogens (tertiary/aromatic N) is 2. The maximum Gasteiger partial charge on any atom is 0.135 e. The molecule has 0 N–H and O–H groups in total. The molecular weight excluding hydrogens is 172 g/mol. The van der Waals surface area contributed by atoms with Crippen LogP contribution in [0.4, 0.5) is 0 Å². The molecule has 2 heterocycles. The topological polar surface area (TPSA) is 3.24 Å². The first kappa shape index (κ1) is 10.4. The zero-order chi connectivity index (χ0) is 10.0. The molecule has 2 rings (SSSR count). The van der Waals surface area contributed by atoms with E-state index < -0.39 is 0 Å². The fourth-order valence-corrected chi connectivity index (χ4v) is 3.51. The van der Waals surface area contributed by atoms with E-state index in [1.54, 1.807) is 0 Å². The lowest BCUT2D eigenvalue weighted by Gasteiger charge is -2.34. The summed E-state index contributed by atoms with van der Waals surface area (Å²) in [4.78, 5) is 2.69. The van der Waals surface area contributed by atoms with E-state index in [0.29, 0.717) is 0 Å². The molecular formula is C12H25N2+. The third kappa shape index (κ3) is 1.70. The van der Waals surface area contributed by atoms with Gasteiger partial charge in [0.15, 0.2) is 0 Å². The van der Waals surface area contributed by atoms with Gasteiger partial charge in [-0.2, -0.15) is 0 Å². The lowest BCUT2D eigenvalue weighted by atomic mass is 10.2. The predicted molar refractivity (Wildman–Crippen MR) is 60.0 cm³/mol. The van der Waals surface area contributed by atoms with Crippen LogP contribution in [-0.2, 0) is 0 Å². The fraction of sp³-hybridized carbons (Fsp3) is 1.00. The van der Waals surface area contributed by atoms with Gasteiger partial charge in [0.25, 0.3) is 0 Å². The Kier molecular flexibility index (Phi) is 3.13. The molecule has 2 fully saturated rings. The van der Waals surface area contributed by atoms with E-state index >= 15 is 0 Å². The van der Waals surface area contributed by atoms with Crippen molar-refractivity contribution in [3.63, 3.8) is 0 Å². The average Bonchev–Trinajstić information content (AvgIpc) is 2.76. The lowest BCUT2D eigenvalue weighted by Crippen LogP contribution is -2.50. The highest BCUT2D eigenvalue weighted by molar-refractivity contribution is 4.74.